The summed E-state index contributed by atoms with van der Waals surface area (Å²) in [6.07, 6.45) is -5.73. The number of ether oxygens (including phenoxy) is 3. The predicted molar refractivity (Wildman–Crippen MR) is 107 cm³/mol. The maximum atomic E-state index is 12.5. The van der Waals surface area contributed by atoms with Crippen LogP contribution in [-0.2, 0) is 9.47 Å². The van der Waals surface area contributed by atoms with Crippen molar-refractivity contribution in [2.75, 3.05) is 13.7 Å². The van der Waals surface area contributed by atoms with Crippen molar-refractivity contribution in [2.24, 2.45) is 0 Å². The van der Waals surface area contributed by atoms with Crippen molar-refractivity contribution in [1.29, 1.82) is 0 Å². The Morgan fingerprint density at radius 1 is 1.03 bits per heavy atom. The Morgan fingerprint density at radius 3 is 2.50 bits per heavy atom. The van der Waals surface area contributed by atoms with Gasteiger partial charge >= 0.3 is 0 Å². The average Bonchev–Trinajstić information content (AvgIpc) is 2.77. The highest BCUT2D eigenvalue weighted by atomic mass is 16.7. The predicted octanol–water partition coefficient (Wildman–Crippen LogP) is 1.29. The molecule has 8 nitrogen and oxygen atoms in total. The Morgan fingerprint density at radius 2 is 1.80 bits per heavy atom. The topological polar surface area (TPSA) is 119 Å². The maximum absolute atomic E-state index is 12.5. The molecule has 30 heavy (non-hydrogen) atoms. The number of rotatable bonds is 5. The van der Waals surface area contributed by atoms with Crippen LogP contribution >= 0.6 is 0 Å². The third-order valence-electron chi connectivity index (χ3n) is 5.10. The van der Waals surface area contributed by atoms with E-state index >= 15 is 0 Å². The lowest BCUT2D eigenvalue weighted by Crippen LogP contribution is -2.60. The fourth-order valence-electron chi connectivity index (χ4n) is 3.53. The van der Waals surface area contributed by atoms with Gasteiger partial charge in [-0.25, -0.2) is 0 Å². The van der Waals surface area contributed by atoms with Gasteiger partial charge in [0.1, 0.15) is 41.5 Å². The summed E-state index contributed by atoms with van der Waals surface area (Å²) in [7, 11) is 1.35. The van der Waals surface area contributed by atoms with E-state index in [0.717, 1.165) is 5.56 Å². The Labute approximate surface area is 171 Å². The second kappa shape index (κ2) is 8.55. The van der Waals surface area contributed by atoms with Gasteiger partial charge in [0.05, 0.1) is 12.0 Å². The van der Waals surface area contributed by atoms with E-state index in [1.54, 1.807) is 12.1 Å². The quantitative estimate of drug-likeness (QED) is 0.572. The number of fused-ring (bicyclic) bond motifs is 1. The molecule has 1 aliphatic heterocycles. The minimum atomic E-state index is -1.41. The molecule has 1 aliphatic rings. The monoisotopic (exact) mass is 414 g/mol. The standard InChI is InChI=1S/C22H22O8/c1-27-21-18(11-23)30-22(20(26)19(21)25)28-13-7-8-14-15(24)10-16(29-17(14)9-13)12-5-3-2-4-6-12/h2-10,18-23,25-26H,11H2,1H3/t18-,19-,20-,21-,22-/m1/s1. The van der Waals surface area contributed by atoms with Gasteiger partial charge in [-0.05, 0) is 12.1 Å². The number of aliphatic hydroxyl groups is 3. The van der Waals surface area contributed by atoms with Gasteiger partial charge < -0.3 is 33.9 Å². The third kappa shape index (κ3) is 3.83. The zero-order chi connectivity index (χ0) is 21.3. The van der Waals surface area contributed by atoms with Crippen molar-refractivity contribution in [3.05, 3.63) is 64.8 Å². The minimum Gasteiger partial charge on any atom is -0.462 e. The van der Waals surface area contributed by atoms with E-state index in [0.29, 0.717) is 16.7 Å². The fourth-order valence-corrected chi connectivity index (χ4v) is 3.53. The first-order chi connectivity index (χ1) is 14.5. The minimum absolute atomic E-state index is 0.200. The van der Waals surface area contributed by atoms with E-state index in [1.807, 2.05) is 30.3 Å². The molecule has 158 valence electrons. The summed E-state index contributed by atoms with van der Waals surface area (Å²) in [5.41, 5.74) is 0.862. The molecule has 1 saturated heterocycles. The lowest BCUT2D eigenvalue weighted by Gasteiger charge is -2.41. The fraction of sp³-hybridized carbons (Fsp3) is 0.318. The SMILES string of the molecule is CO[C@H]1[C@H](O)[C@@H](O)[C@H](Oc2ccc3c(=O)cc(-c4ccccc4)oc3c2)O[C@@H]1CO. The summed E-state index contributed by atoms with van der Waals surface area (Å²) in [5, 5.41) is 30.4. The third-order valence-corrected chi connectivity index (χ3v) is 5.10. The van der Waals surface area contributed by atoms with Crippen molar-refractivity contribution in [1.82, 2.24) is 0 Å². The van der Waals surface area contributed by atoms with E-state index in [1.165, 1.54) is 19.2 Å². The van der Waals surface area contributed by atoms with Crippen molar-refractivity contribution in [2.45, 2.75) is 30.7 Å². The van der Waals surface area contributed by atoms with Crippen molar-refractivity contribution < 1.29 is 33.9 Å². The Bertz CT molecular complexity index is 1060. The van der Waals surface area contributed by atoms with Gasteiger partial charge in [0, 0.05) is 24.8 Å². The van der Waals surface area contributed by atoms with Crippen LogP contribution in [0.1, 0.15) is 0 Å². The summed E-state index contributed by atoms with van der Waals surface area (Å²) in [5.74, 6) is 0.678. The van der Waals surface area contributed by atoms with Gasteiger partial charge in [0.2, 0.25) is 6.29 Å². The largest absolute Gasteiger partial charge is 0.462 e. The summed E-state index contributed by atoms with van der Waals surface area (Å²) in [6.45, 7) is -0.421. The van der Waals surface area contributed by atoms with Gasteiger partial charge in [-0.3, -0.25) is 4.79 Å². The van der Waals surface area contributed by atoms with E-state index in [-0.39, 0.29) is 11.2 Å². The van der Waals surface area contributed by atoms with E-state index in [2.05, 4.69) is 0 Å². The number of methoxy groups -OCH3 is 1. The zero-order valence-electron chi connectivity index (χ0n) is 16.2. The molecule has 3 aromatic rings. The molecule has 0 unspecified atom stereocenters. The lowest BCUT2D eigenvalue weighted by molar-refractivity contribution is -0.281. The van der Waals surface area contributed by atoms with Crippen LogP contribution in [0, 0.1) is 0 Å². The van der Waals surface area contributed by atoms with E-state index < -0.39 is 37.3 Å². The van der Waals surface area contributed by atoms with Crippen LogP contribution in [0.5, 0.6) is 5.75 Å². The highest BCUT2D eigenvalue weighted by molar-refractivity contribution is 5.80. The van der Waals surface area contributed by atoms with Crippen LogP contribution in [0.2, 0.25) is 0 Å². The molecule has 0 spiro atoms. The van der Waals surface area contributed by atoms with Gasteiger partial charge in [-0.2, -0.15) is 0 Å². The first kappa shape index (κ1) is 20.5. The Hall–Kier alpha value is -2.75. The first-order valence-corrected chi connectivity index (χ1v) is 9.47. The summed E-state index contributed by atoms with van der Waals surface area (Å²) in [4.78, 5) is 12.5. The van der Waals surface area contributed by atoms with Crippen LogP contribution in [0.4, 0.5) is 0 Å². The van der Waals surface area contributed by atoms with Crippen LogP contribution in [0.3, 0.4) is 0 Å². The van der Waals surface area contributed by atoms with Gasteiger partial charge in [-0.15, -0.1) is 0 Å². The summed E-state index contributed by atoms with van der Waals surface area (Å²) < 4.78 is 22.2. The molecule has 0 amide bonds. The molecule has 4 rings (SSSR count). The van der Waals surface area contributed by atoms with Gasteiger partial charge in [0.25, 0.3) is 0 Å². The average molecular weight is 414 g/mol. The zero-order valence-corrected chi connectivity index (χ0v) is 16.2. The molecule has 1 aromatic heterocycles. The molecular formula is C22H22O8. The van der Waals surface area contributed by atoms with Crippen molar-refractivity contribution in [3.8, 4) is 17.1 Å². The normalized spacial score (nSPS) is 26.6. The molecule has 0 bridgehead atoms. The van der Waals surface area contributed by atoms with Crippen LogP contribution in [0.25, 0.3) is 22.3 Å². The number of hydrogen-bond acceptors (Lipinski definition) is 8. The first-order valence-electron chi connectivity index (χ1n) is 9.47. The molecule has 2 heterocycles. The Balaban J connectivity index is 1.64. The van der Waals surface area contributed by atoms with Crippen LogP contribution in [-0.4, -0.2) is 59.7 Å². The Kier molecular flexibility index (Phi) is 5.85. The summed E-state index contributed by atoms with van der Waals surface area (Å²) in [6, 6.07) is 15.3. The molecule has 5 atom stereocenters. The highest BCUT2D eigenvalue weighted by Gasteiger charge is 2.45. The second-order valence-corrected chi connectivity index (χ2v) is 7.02. The molecule has 8 heteroatoms. The number of aliphatic hydroxyl groups excluding tert-OH is 3. The maximum Gasteiger partial charge on any atom is 0.229 e. The number of benzene rings is 2. The smallest absolute Gasteiger partial charge is 0.229 e. The molecule has 0 radical (unpaired) electrons. The summed E-state index contributed by atoms with van der Waals surface area (Å²) >= 11 is 0. The van der Waals surface area contributed by atoms with E-state index in [4.69, 9.17) is 18.6 Å². The van der Waals surface area contributed by atoms with Crippen LogP contribution in [0.15, 0.2) is 63.8 Å². The highest BCUT2D eigenvalue weighted by Crippen LogP contribution is 2.28. The molecular weight excluding hydrogens is 392 g/mol. The molecule has 3 N–H and O–H groups in total. The lowest BCUT2D eigenvalue weighted by atomic mass is 9.99. The van der Waals surface area contributed by atoms with E-state index in [9.17, 15) is 20.1 Å². The molecule has 2 aromatic carbocycles. The second-order valence-electron chi connectivity index (χ2n) is 7.02. The van der Waals surface area contributed by atoms with Crippen LogP contribution < -0.4 is 10.2 Å². The van der Waals surface area contributed by atoms with Crippen molar-refractivity contribution in [3.63, 3.8) is 0 Å². The van der Waals surface area contributed by atoms with Crippen molar-refractivity contribution >= 4 is 11.0 Å². The van der Waals surface area contributed by atoms with Gasteiger partial charge in [0.15, 0.2) is 5.43 Å². The molecule has 0 aliphatic carbocycles. The molecule has 1 fully saturated rings. The molecule has 0 saturated carbocycles. The number of hydrogen-bond donors (Lipinski definition) is 3. The van der Waals surface area contributed by atoms with Gasteiger partial charge in [-0.1, -0.05) is 30.3 Å².